The number of likely N-dealkylation sites (N-methyl/N-ethyl adjacent to an activating group) is 1. The Labute approximate surface area is 116 Å². The molecule has 0 fully saturated rings. The molecular weight excluding hydrogens is 248 g/mol. The van der Waals surface area contributed by atoms with Crippen molar-refractivity contribution < 1.29 is 4.74 Å². The van der Waals surface area contributed by atoms with Crippen molar-refractivity contribution in [2.45, 2.75) is 19.9 Å². The second kappa shape index (κ2) is 7.62. The number of ether oxygens (including phenoxy) is 1. The molecule has 0 saturated heterocycles. The van der Waals surface area contributed by atoms with Gasteiger partial charge in [0.25, 0.3) is 0 Å². The van der Waals surface area contributed by atoms with Crippen LogP contribution in [-0.2, 0) is 17.7 Å². The van der Waals surface area contributed by atoms with E-state index < -0.39 is 0 Å². The van der Waals surface area contributed by atoms with Crippen molar-refractivity contribution in [2.75, 3.05) is 38.7 Å². The predicted molar refractivity (Wildman–Crippen MR) is 78.7 cm³/mol. The fraction of sp³-hybridized carbons (Fsp3) is 0.571. The van der Waals surface area contributed by atoms with Gasteiger partial charge in [0.1, 0.15) is 0 Å². The lowest BCUT2D eigenvalue weighted by Crippen LogP contribution is -2.23. The Morgan fingerprint density at radius 2 is 2.22 bits per heavy atom. The van der Waals surface area contributed by atoms with Gasteiger partial charge in [-0.15, -0.1) is 12.4 Å². The summed E-state index contributed by atoms with van der Waals surface area (Å²) in [6.45, 7) is 6.70. The maximum absolute atomic E-state index is 5.38. The van der Waals surface area contributed by atoms with Crippen LogP contribution < -0.4 is 5.32 Å². The molecule has 18 heavy (non-hydrogen) atoms. The Morgan fingerprint density at radius 3 is 3.00 bits per heavy atom. The van der Waals surface area contributed by atoms with Crippen LogP contribution in [0.25, 0.3) is 0 Å². The van der Waals surface area contributed by atoms with Gasteiger partial charge in [-0.1, -0.05) is 18.2 Å². The van der Waals surface area contributed by atoms with Gasteiger partial charge < -0.3 is 10.1 Å². The summed E-state index contributed by atoms with van der Waals surface area (Å²) in [6.07, 6.45) is 1.16. The monoisotopic (exact) mass is 270 g/mol. The number of nitrogens with one attached hydrogen (secondary N) is 1. The van der Waals surface area contributed by atoms with Crippen LogP contribution in [0.1, 0.15) is 18.1 Å². The SMILES string of the molecule is CCOCCN(C)Cc1cccc2c1NCC2.Cl. The van der Waals surface area contributed by atoms with Gasteiger partial charge >= 0.3 is 0 Å². The molecule has 0 aromatic heterocycles. The Hall–Kier alpha value is -0.770. The molecule has 0 radical (unpaired) electrons. The maximum Gasteiger partial charge on any atom is 0.0593 e. The largest absolute Gasteiger partial charge is 0.384 e. The average Bonchev–Trinajstić information content (AvgIpc) is 2.78. The molecule has 0 amide bonds. The second-order valence-corrected chi connectivity index (χ2v) is 4.56. The van der Waals surface area contributed by atoms with Crippen molar-refractivity contribution in [3.8, 4) is 0 Å². The molecule has 0 saturated carbocycles. The first kappa shape index (κ1) is 15.3. The van der Waals surface area contributed by atoms with Crippen LogP contribution >= 0.6 is 12.4 Å². The van der Waals surface area contributed by atoms with Crippen LogP contribution in [0.4, 0.5) is 5.69 Å². The van der Waals surface area contributed by atoms with E-state index in [1.807, 2.05) is 6.92 Å². The summed E-state index contributed by atoms with van der Waals surface area (Å²) < 4.78 is 5.38. The third kappa shape index (κ3) is 3.87. The molecule has 0 spiro atoms. The lowest BCUT2D eigenvalue weighted by atomic mass is 10.1. The Balaban J connectivity index is 0.00000162. The third-order valence-electron chi connectivity index (χ3n) is 3.19. The first-order valence-electron chi connectivity index (χ1n) is 6.42. The summed E-state index contributed by atoms with van der Waals surface area (Å²) in [4.78, 5) is 2.31. The van der Waals surface area contributed by atoms with Crippen LogP contribution in [0, 0.1) is 0 Å². The second-order valence-electron chi connectivity index (χ2n) is 4.56. The number of halogens is 1. The van der Waals surface area contributed by atoms with E-state index in [-0.39, 0.29) is 12.4 Å². The summed E-state index contributed by atoms with van der Waals surface area (Å²) in [7, 11) is 2.15. The Kier molecular flexibility index (Phi) is 6.47. The highest BCUT2D eigenvalue weighted by molar-refractivity contribution is 5.85. The van der Waals surface area contributed by atoms with Crippen LogP contribution in [0.5, 0.6) is 0 Å². The number of nitrogens with zero attached hydrogens (tertiary/aromatic N) is 1. The number of anilines is 1. The lowest BCUT2D eigenvalue weighted by molar-refractivity contribution is 0.120. The third-order valence-corrected chi connectivity index (χ3v) is 3.19. The van der Waals surface area contributed by atoms with Gasteiger partial charge in [-0.2, -0.15) is 0 Å². The number of fused-ring (bicyclic) bond motifs is 1. The zero-order valence-corrected chi connectivity index (χ0v) is 12.1. The van der Waals surface area contributed by atoms with Crippen molar-refractivity contribution >= 4 is 18.1 Å². The number of hydrogen-bond acceptors (Lipinski definition) is 3. The van der Waals surface area contributed by atoms with Crippen molar-refractivity contribution in [3.05, 3.63) is 29.3 Å². The van der Waals surface area contributed by atoms with Gasteiger partial charge in [-0.05, 0) is 31.5 Å². The fourth-order valence-electron chi connectivity index (χ4n) is 2.28. The maximum atomic E-state index is 5.38. The minimum atomic E-state index is 0. The molecule has 1 aromatic rings. The lowest BCUT2D eigenvalue weighted by Gasteiger charge is -2.18. The average molecular weight is 271 g/mol. The molecule has 0 unspecified atom stereocenters. The van der Waals surface area contributed by atoms with E-state index in [1.165, 1.54) is 16.8 Å². The number of benzene rings is 1. The van der Waals surface area contributed by atoms with E-state index in [4.69, 9.17) is 4.74 Å². The molecular formula is C14H23ClN2O. The van der Waals surface area contributed by atoms with Gasteiger partial charge in [0.05, 0.1) is 6.61 Å². The molecule has 0 aliphatic carbocycles. The fourth-order valence-corrected chi connectivity index (χ4v) is 2.28. The molecule has 3 nitrogen and oxygen atoms in total. The molecule has 102 valence electrons. The summed E-state index contributed by atoms with van der Waals surface area (Å²) in [5.41, 5.74) is 4.22. The first-order valence-corrected chi connectivity index (χ1v) is 6.42. The smallest absolute Gasteiger partial charge is 0.0593 e. The van der Waals surface area contributed by atoms with E-state index in [0.29, 0.717) is 0 Å². The molecule has 0 bridgehead atoms. The number of hydrogen-bond donors (Lipinski definition) is 1. The van der Waals surface area contributed by atoms with Crippen LogP contribution in [0.2, 0.25) is 0 Å². The summed E-state index contributed by atoms with van der Waals surface area (Å²) in [5, 5.41) is 3.48. The van der Waals surface area contributed by atoms with Gasteiger partial charge in [-0.25, -0.2) is 0 Å². The van der Waals surface area contributed by atoms with Gasteiger partial charge in [0.2, 0.25) is 0 Å². The highest BCUT2D eigenvalue weighted by Gasteiger charge is 2.14. The van der Waals surface area contributed by atoms with E-state index in [1.54, 1.807) is 0 Å². The molecule has 2 rings (SSSR count). The Morgan fingerprint density at radius 1 is 1.39 bits per heavy atom. The minimum absolute atomic E-state index is 0. The standard InChI is InChI=1S/C14H22N2O.ClH/c1-3-17-10-9-16(2)11-13-6-4-5-12-7-8-15-14(12)13;/h4-6,15H,3,7-11H2,1-2H3;1H. The van der Waals surface area contributed by atoms with Gasteiger partial charge in [0, 0.05) is 31.9 Å². The number of rotatable bonds is 6. The molecule has 0 atom stereocenters. The number of para-hydroxylation sites is 1. The zero-order chi connectivity index (χ0) is 12.1. The van der Waals surface area contributed by atoms with E-state index in [0.717, 1.165) is 39.3 Å². The molecule has 1 aliphatic rings. The van der Waals surface area contributed by atoms with Crippen molar-refractivity contribution in [3.63, 3.8) is 0 Å². The quantitative estimate of drug-likeness (QED) is 0.804. The van der Waals surface area contributed by atoms with Crippen LogP contribution in [-0.4, -0.2) is 38.3 Å². The molecule has 1 aromatic carbocycles. The molecule has 1 heterocycles. The normalized spacial score (nSPS) is 13.1. The van der Waals surface area contributed by atoms with Gasteiger partial charge in [-0.3, -0.25) is 4.90 Å². The Bertz CT molecular complexity index is 371. The van der Waals surface area contributed by atoms with Crippen LogP contribution in [0.15, 0.2) is 18.2 Å². The van der Waals surface area contributed by atoms with E-state index in [9.17, 15) is 0 Å². The van der Waals surface area contributed by atoms with Crippen molar-refractivity contribution in [1.29, 1.82) is 0 Å². The van der Waals surface area contributed by atoms with E-state index in [2.05, 4.69) is 35.5 Å². The van der Waals surface area contributed by atoms with Crippen molar-refractivity contribution in [2.24, 2.45) is 0 Å². The topological polar surface area (TPSA) is 24.5 Å². The van der Waals surface area contributed by atoms with Gasteiger partial charge in [0.15, 0.2) is 0 Å². The summed E-state index contributed by atoms with van der Waals surface area (Å²) in [6, 6.07) is 6.60. The summed E-state index contributed by atoms with van der Waals surface area (Å²) >= 11 is 0. The molecule has 1 aliphatic heterocycles. The highest BCUT2D eigenvalue weighted by atomic mass is 35.5. The van der Waals surface area contributed by atoms with E-state index >= 15 is 0 Å². The first-order chi connectivity index (χ1) is 8.31. The molecule has 4 heteroatoms. The molecule has 1 N–H and O–H groups in total. The highest BCUT2D eigenvalue weighted by Crippen LogP contribution is 2.26. The summed E-state index contributed by atoms with van der Waals surface area (Å²) in [5.74, 6) is 0. The van der Waals surface area contributed by atoms with Crippen molar-refractivity contribution in [1.82, 2.24) is 4.90 Å². The van der Waals surface area contributed by atoms with Crippen LogP contribution in [0.3, 0.4) is 0 Å². The predicted octanol–water partition coefficient (Wildman–Crippen LogP) is 2.54. The zero-order valence-electron chi connectivity index (χ0n) is 11.2. The minimum Gasteiger partial charge on any atom is -0.384 e.